The Labute approximate surface area is 119 Å². The van der Waals surface area contributed by atoms with Crippen LogP contribution in [0.15, 0.2) is 58.1 Å². The van der Waals surface area contributed by atoms with E-state index in [2.05, 4.69) is 27.3 Å². The molecule has 0 aliphatic carbocycles. The van der Waals surface area contributed by atoms with E-state index in [0.717, 1.165) is 30.5 Å². The van der Waals surface area contributed by atoms with Crippen LogP contribution in [0.1, 0.15) is 18.6 Å². The highest BCUT2D eigenvalue weighted by Gasteiger charge is 2.16. The summed E-state index contributed by atoms with van der Waals surface area (Å²) in [5.41, 5.74) is 1.07. The van der Waals surface area contributed by atoms with Crippen molar-refractivity contribution in [2.45, 2.75) is 19.4 Å². The number of aliphatic imine (C=N–C) groups is 1. The standard InChI is InChI=1S/C16H19N3O/c1-2-7-14(8-3-1)18-16(19-10-4-5-11-19)17-13-15-9-6-12-20-15/h1-3,6-9,12H,4-5,10-11,13H2,(H,17,18). The van der Waals surface area contributed by atoms with Crippen molar-refractivity contribution in [2.24, 2.45) is 4.99 Å². The van der Waals surface area contributed by atoms with Crippen molar-refractivity contribution in [3.05, 3.63) is 54.5 Å². The van der Waals surface area contributed by atoms with Crippen LogP contribution in [0.2, 0.25) is 0 Å². The molecule has 0 atom stereocenters. The van der Waals surface area contributed by atoms with Crippen molar-refractivity contribution in [3.8, 4) is 0 Å². The Hall–Kier alpha value is -2.23. The van der Waals surface area contributed by atoms with Crippen LogP contribution < -0.4 is 5.32 Å². The number of hydrogen-bond donors (Lipinski definition) is 1. The Morgan fingerprint density at radius 2 is 1.90 bits per heavy atom. The number of anilines is 1. The lowest BCUT2D eigenvalue weighted by Crippen LogP contribution is -2.34. The molecule has 4 nitrogen and oxygen atoms in total. The van der Waals surface area contributed by atoms with Crippen molar-refractivity contribution >= 4 is 11.6 Å². The first-order valence-corrected chi connectivity index (χ1v) is 7.06. The number of rotatable bonds is 3. The fraction of sp³-hybridized carbons (Fsp3) is 0.312. The number of nitrogens with one attached hydrogen (secondary N) is 1. The van der Waals surface area contributed by atoms with Gasteiger partial charge in [0.1, 0.15) is 12.3 Å². The summed E-state index contributed by atoms with van der Waals surface area (Å²) in [6.45, 7) is 2.70. The van der Waals surface area contributed by atoms with Gasteiger partial charge in [0, 0.05) is 18.8 Å². The van der Waals surface area contributed by atoms with Crippen LogP contribution in [0.5, 0.6) is 0 Å². The second-order valence-corrected chi connectivity index (χ2v) is 4.90. The first kappa shape index (κ1) is 12.8. The second-order valence-electron chi connectivity index (χ2n) is 4.90. The van der Waals surface area contributed by atoms with E-state index >= 15 is 0 Å². The zero-order chi connectivity index (χ0) is 13.6. The molecule has 0 saturated carbocycles. The summed E-state index contributed by atoms with van der Waals surface area (Å²) in [5, 5.41) is 3.42. The van der Waals surface area contributed by atoms with Crippen LogP contribution in [0.3, 0.4) is 0 Å². The van der Waals surface area contributed by atoms with Gasteiger partial charge in [0.25, 0.3) is 0 Å². The van der Waals surface area contributed by atoms with E-state index in [9.17, 15) is 0 Å². The van der Waals surface area contributed by atoms with Crippen LogP contribution in [-0.2, 0) is 6.54 Å². The number of furan rings is 1. The first-order valence-electron chi connectivity index (χ1n) is 7.06. The molecular weight excluding hydrogens is 250 g/mol. The number of likely N-dealkylation sites (tertiary alicyclic amines) is 1. The van der Waals surface area contributed by atoms with Crippen LogP contribution in [0.25, 0.3) is 0 Å². The minimum Gasteiger partial charge on any atom is -0.467 e. The molecule has 1 saturated heterocycles. The molecule has 1 aliphatic rings. The second kappa shape index (κ2) is 6.28. The average Bonchev–Trinajstić information content (AvgIpc) is 3.18. The predicted molar refractivity (Wildman–Crippen MR) is 80.7 cm³/mol. The van der Waals surface area contributed by atoms with Gasteiger partial charge < -0.3 is 14.6 Å². The number of hydrogen-bond acceptors (Lipinski definition) is 2. The number of para-hydroxylation sites is 1. The molecule has 1 aromatic heterocycles. The van der Waals surface area contributed by atoms with Crippen LogP contribution in [0, 0.1) is 0 Å². The third kappa shape index (κ3) is 3.20. The topological polar surface area (TPSA) is 40.8 Å². The Bertz CT molecular complexity index is 542. The van der Waals surface area contributed by atoms with Crippen molar-refractivity contribution in [1.29, 1.82) is 0 Å². The molecule has 1 fully saturated rings. The zero-order valence-corrected chi connectivity index (χ0v) is 11.5. The van der Waals surface area contributed by atoms with Crippen LogP contribution in [0.4, 0.5) is 5.69 Å². The van der Waals surface area contributed by atoms with Gasteiger partial charge in [0.2, 0.25) is 0 Å². The molecule has 1 N–H and O–H groups in total. The molecule has 2 aromatic rings. The van der Waals surface area contributed by atoms with E-state index < -0.39 is 0 Å². The summed E-state index contributed by atoms with van der Waals surface area (Å²) in [7, 11) is 0. The first-order chi connectivity index (χ1) is 9.92. The number of benzene rings is 1. The molecule has 0 radical (unpaired) electrons. The van der Waals surface area contributed by atoms with Crippen molar-refractivity contribution in [1.82, 2.24) is 4.90 Å². The van der Waals surface area contributed by atoms with E-state index in [1.165, 1.54) is 12.8 Å². The van der Waals surface area contributed by atoms with E-state index in [0.29, 0.717) is 6.54 Å². The van der Waals surface area contributed by atoms with Crippen LogP contribution >= 0.6 is 0 Å². The Morgan fingerprint density at radius 1 is 1.10 bits per heavy atom. The summed E-state index contributed by atoms with van der Waals surface area (Å²) >= 11 is 0. The van der Waals surface area contributed by atoms with Gasteiger partial charge in [-0.1, -0.05) is 18.2 Å². The summed E-state index contributed by atoms with van der Waals surface area (Å²) in [6, 6.07) is 14.0. The highest BCUT2D eigenvalue weighted by Crippen LogP contribution is 2.13. The summed E-state index contributed by atoms with van der Waals surface area (Å²) in [5.74, 6) is 1.82. The molecule has 0 bridgehead atoms. The molecule has 20 heavy (non-hydrogen) atoms. The van der Waals surface area contributed by atoms with Gasteiger partial charge in [-0.25, -0.2) is 4.99 Å². The highest BCUT2D eigenvalue weighted by atomic mass is 16.3. The SMILES string of the molecule is c1ccc(NC(=NCc2ccco2)N2CCCC2)cc1. The fourth-order valence-corrected chi connectivity index (χ4v) is 2.35. The summed E-state index contributed by atoms with van der Waals surface area (Å²) in [6.07, 6.45) is 4.15. The maximum absolute atomic E-state index is 5.34. The maximum Gasteiger partial charge on any atom is 0.198 e. The Morgan fingerprint density at radius 3 is 2.60 bits per heavy atom. The predicted octanol–water partition coefficient (Wildman–Crippen LogP) is 3.34. The quantitative estimate of drug-likeness (QED) is 0.686. The monoisotopic (exact) mass is 269 g/mol. The molecule has 0 spiro atoms. The van der Waals surface area contributed by atoms with Gasteiger partial charge >= 0.3 is 0 Å². The van der Waals surface area contributed by atoms with Gasteiger partial charge in [-0.05, 0) is 37.1 Å². The molecule has 0 unspecified atom stereocenters. The minimum atomic E-state index is 0.568. The van der Waals surface area contributed by atoms with E-state index in [-0.39, 0.29) is 0 Å². The van der Waals surface area contributed by atoms with E-state index in [1.807, 2.05) is 30.3 Å². The highest BCUT2D eigenvalue weighted by molar-refractivity contribution is 5.93. The van der Waals surface area contributed by atoms with Crippen LogP contribution in [-0.4, -0.2) is 23.9 Å². The molecule has 4 heteroatoms. The molecular formula is C16H19N3O. The maximum atomic E-state index is 5.34. The molecule has 1 aliphatic heterocycles. The fourth-order valence-electron chi connectivity index (χ4n) is 2.35. The van der Waals surface area contributed by atoms with Gasteiger partial charge in [0.05, 0.1) is 6.26 Å². The summed E-state index contributed by atoms with van der Waals surface area (Å²) in [4.78, 5) is 6.98. The average molecular weight is 269 g/mol. The minimum absolute atomic E-state index is 0.568. The third-order valence-electron chi connectivity index (χ3n) is 3.40. The van der Waals surface area contributed by atoms with Crippen molar-refractivity contribution in [2.75, 3.05) is 18.4 Å². The molecule has 104 valence electrons. The number of guanidine groups is 1. The van der Waals surface area contributed by atoms with Crippen molar-refractivity contribution in [3.63, 3.8) is 0 Å². The molecule has 3 rings (SSSR count). The Balaban J connectivity index is 1.74. The van der Waals surface area contributed by atoms with Gasteiger partial charge in [-0.15, -0.1) is 0 Å². The lowest BCUT2D eigenvalue weighted by Gasteiger charge is -2.21. The van der Waals surface area contributed by atoms with Gasteiger partial charge in [0.15, 0.2) is 5.96 Å². The summed E-state index contributed by atoms with van der Waals surface area (Å²) < 4.78 is 5.34. The molecule has 0 amide bonds. The Kier molecular flexibility index (Phi) is 4.01. The van der Waals surface area contributed by atoms with Gasteiger partial charge in [-0.2, -0.15) is 0 Å². The van der Waals surface area contributed by atoms with E-state index in [4.69, 9.17) is 4.42 Å². The molecule has 1 aromatic carbocycles. The largest absolute Gasteiger partial charge is 0.467 e. The third-order valence-corrected chi connectivity index (χ3v) is 3.40. The number of nitrogens with zero attached hydrogens (tertiary/aromatic N) is 2. The van der Waals surface area contributed by atoms with E-state index in [1.54, 1.807) is 6.26 Å². The van der Waals surface area contributed by atoms with Crippen molar-refractivity contribution < 1.29 is 4.42 Å². The molecule has 2 heterocycles. The van der Waals surface area contributed by atoms with Gasteiger partial charge in [-0.3, -0.25) is 0 Å². The lowest BCUT2D eigenvalue weighted by molar-refractivity contribution is 0.497. The zero-order valence-electron chi connectivity index (χ0n) is 11.5. The lowest BCUT2D eigenvalue weighted by atomic mass is 10.3. The normalized spacial score (nSPS) is 15.6. The smallest absolute Gasteiger partial charge is 0.198 e.